The highest BCUT2D eigenvalue weighted by atomic mass is 127. The number of hydrogen-bond acceptors (Lipinski definition) is 3. The standard InChI is InChI=1S/C20H32FN3OS.HI/c1-3-22-19(23-11-4-5-14-26-2)24-16-20(9-12-25-13-10-20)17-7-6-8-18(21)15-17;/h6-8,15H,3-5,9-14,16H2,1-2H3,(H2,22,23,24);1H. The summed E-state index contributed by atoms with van der Waals surface area (Å²) in [5.41, 5.74) is 0.877. The fourth-order valence-corrected chi connectivity index (χ4v) is 3.76. The van der Waals surface area contributed by atoms with Crippen LogP contribution in [0.1, 0.15) is 38.2 Å². The zero-order valence-electron chi connectivity index (χ0n) is 16.4. The molecule has 1 aliphatic rings. The number of aliphatic imine (C=N–C) groups is 1. The predicted octanol–water partition coefficient (Wildman–Crippen LogP) is 4.19. The van der Waals surface area contributed by atoms with E-state index in [9.17, 15) is 4.39 Å². The number of unbranched alkanes of at least 4 members (excludes halogenated alkanes) is 1. The molecule has 4 nitrogen and oxygen atoms in total. The molecular weight excluding hydrogens is 476 g/mol. The second-order valence-electron chi connectivity index (χ2n) is 6.72. The van der Waals surface area contributed by atoms with Crippen LogP contribution in [0.15, 0.2) is 29.3 Å². The summed E-state index contributed by atoms with van der Waals surface area (Å²) in [6.45, 7) is 5.85. The third-order valence-electron chi connectivity index (χ3n) is 4.84. The van der Waals surface area contributed by atoms with Crippen molar-refractivity contribution in [1.82, 2.24) is 10.6 Å². The number of benzene rings is 1. The van der Waals surface area contributed by atoms with Crippen LogP contribution in [0, 0.1) is 5.82 Å². The SMILES string of the molecule is CCNC(=NCC1(c2cccc(F)c2)CCOCC1)NCCCCSC.I. The summed E-state index contributed by atoms with van der Waals surface area (Å²) in [5, 5.41) is 6.75. The van der Waals surface area contributed by atoms with E-state index >= 15 is 0 Å². The van der Waals surface area contributed by atoms with Crippen molar-refractivity contribution in [2.75, 3.05) is 44.9 Å². The summed E-state index contributed by atoms with van der Waals surface area (Å²) in [7, 11) is 0. The van der Waals surface area contributed by atoms with Crippen LogP contribution in [0.3, 0.4) is 0 Å². The van der Waals surface area contributed by atoms with Gasteiger partial charge >= 0.3 is 0 Å². The van der Waals surface area contributed by atoms with Crippen molar-refractivity contribution in [2.24, 2.45) is 4.99 Å². The smallest absolute Gasteiger partial charge is 0.191 e. The van der Waals surface area contributed by atoms with E-state index in [1.54, 1.807) is 12.1 Å². The molecule has 1 aromatic rings. The monoisotopic (exact) mass is 509 g/mol. The van der Waals surface area contributed by atoms with Crippen molar-refractivity contribution in [1.29, 1.82) is 0 Å². The first-order valence-corrected chi connectivity index (χ1v) is 10.9. The summed E-state index contributed by atoms with van der Waals surface area (Å²) in [6, 6.07) is 6.97. The van der Waals surface area contributed by atoms with Crippen molar-refractivity contribution in [2.45, 2.75) is 38.0 Å². The Labute approximate surface area is 184 Å². The van der Waals surface area contributed by atoms with E-state index in [-0.39, 0.29) is 35.2 Å². The summed E-state index contributed by atoms with van der Waals surface area (Å²) in [6.07, 6.45) is 6.21. The van der Waals surface area contributed by atoms with E-state index in [2.05, 4.69) is 23.8 Å². The molecule has 0 spiro atoms. The predicted molar refractivity (Wildman–Crippen MR) is 125 cm³/mol. The number of rotatable bonds is 9. The molecule has 0 saturated carbocycles. The largest absolute Gasteiger partial charge is 0.381 e. The molecule has 1 aliphatic heterocycles. The van der Waals surface area contributed by atoms with E-state index < -0.39 is 0 Å². The Balaban J connectivity index is 0.00000364. The van der Waals surface area contributed by atoms with Crippen LogP contribution in [0.5, 0.6) is 0 Å². The van der Waals surface area contributed by atoms with Gasteiger partial charge in [-0.05, 0) is 62.3 Å². The lowest BCUT2D eigenvalue weighted by Crippen LogP contribution is -2.41. The molecule has 154 valence electrons. The Bertz CT molecular complexity index is 568. The number of nitrogens with one attached hydrogen (secondary N) is 2. The lowest BCUT2D eigenvalue weighted by atomic mass is 9.74. The van der Waals surface area contributed by atoms with Crippen molar-refractivity contribution in [3.05, 3.63) is 35.6 Å². The van der Waals surface area contributed by atoms with Crippen LogP contribution in [0.2, 0.25) is 0 Å². The van der Waals surface area contributed by atoms with Gasteiger partial charge < -0.3 is 15.4 Å². The molecule has 0 unspecified atom stereocenters. The maximum Gasteiger partial charge on any atom is 0.191 e. The number of ether oxygens (including phenoxy) is 1. The molecule has 1 saturated heterocycles. The van der Waals surface area contributed by atoms with Gasteiger partial charge in [0.1, 0.15) is 5.82 Å². The normalized spacial score (nSPS) is 16.5. The summed E-state index contributed by atoms with van der Waals surface area (Å²) in [4.78, 5) is 4.84. The highest BCUT2D eigenvalue weighted by molar-refractivity contribution is 14.0. The van der Waals surface area contributed by atoms with E-state index in [1.165, 1.54) is 18.2 Å². The Kier molecular flexibility index (Phi) is 12.3. The van der Waals surface area contributed by atoms with Crippen molar-refractivity contribution in [3.8, 4) is 0 Å². The Morgan fingerprint density at radius 3 is 2.70 bits per heavy atom. The number of halogens is 2. The average Bonchev–Trinajstić information content (AvgIpc) is 2.66. The van der Waals surface area contributed by atoms with Crippen LogP contribution in [0.4, 0.5) is 4.39 Å². The minimum atomic E-state index is -0.184. The van der Waals surface area contributed by atoms with Gasteiger partial charge in [0.05, 0.1) is 6.54 Å². The topological polar surface area (TPSA) is 45.7 Å². The molecule has 0 bridgehead atoms. The fraction of sp³-hybridized carbons (Fsp3) is 0.650. The lowest BCUT2D eigenvalue weighted by molar-refractivity contribution is 0.0530. The van der Waals surface area contributed by atoms with Gasteiger partial charge in [0.2, 0.25) is 0 Å². The minimum absolute atomic E-state index is 0. The van der Waals surface area contributed by atoms with Crippen LogP contribution in [-0.2, 0) is 10.2 Å². The number of hydrogen-bond donors (Lipinski definition) is 2. The van der Waals surface area contributed by atoms with Gasteiger partial charge in [-0.2, -0.15) is 11.8 Å². The fourth-order valence-electron chi connectivity index (χ4n) is 3.27. The zero-order valence-corrected chi connectivity index (χ0v) is 19.6. The van der Waals surface area contributed by atoms with Gasteiger partial charge in [-0.25, -0.2) is 4.39 Å². The van der Waals surface area contributed by atoms with Crippen molar-refractivity contribution in [3.63, 3.8) is 0 Å². The third kappa shape index (κ3) is 8.15. The molecule has 1 heterocycles. The first-order chi connectivity index (χ1) is 12.7. The maximum absolute atomic E-state index is 13.8. The summed E-state index contributed by atoms with van der Waals surface area (Å²) < 4.78 is 19.3. The number of nitrogens with zero attached hydrogens (tertiary/aromatic N) is 1. The number of thioether (sulfide) groups is 1. The van der Waals surface area contributed by atoms with Crippen LogP contribution in [0.25, 0.3) is 0 Å². The van der Waals surface area contributed by atoms with Gasteiger partial charge in [-0.1, -0.05) is 12.1 Å². The molecule has 2 N–H and O–H groups in total. The molecule has 7 heteroatoms. The van der Waals surface area contributed by atoms with Crippen LogP contribution >= 0.6 is 35.7 Å². The van der Waals surface area contributed by atoms with E-state index in [1.807, 2.05) is 17.8 Å². The molecule has 0 aliphatic carbocycles. The Morgan fingerprint density at radius 1 is 1.26 bits per heavy atom. The van der Waals surface area contributed by atoms with Gasteiger partial charge in [0, 0.05) is 31.7 Å². The Hall–Kier alpha value is -0.540. The maximum atomic E-state index is 13.8. The summed E-state index contributed by atoms with van der Waals surface area (Å²) in [5.74, 6) is 1.85. The van der Waals surface area contributed by atoms with Crippen molar-refractivity contribution >= 4 is 41.7 Å². The summed E-state index contributed by atoms with van der Waals surface area (Å²) >= 11 is 1.88. The highest BCUT2D eigenvalue weighted by Gasteiger charge is 2.34. The molecule has 0 aromatic heterocycles. The quantitative estimate of drug-likeness (QED) is 0.227. The zero-order chi connectivity index (χ0) is 18.7. The van der Waals surface area contributed by atoms with Gasteiger partial charge in [0.15, 0.2) is 5.96 Å². The first-order valence-electron chi connectivity index (χ1n) is 9.55. The van der Waals surface area contributed by atoms with Gasteiger partial charge in [0.25, 0.3) is 0 Å². The van der Waals surface area contributed by atoms with Crippen LogP contribution in [-0.4, -0.2) is 50.8 Å². The second-order valence-corrected chi connectivity index (χ2v) is 7.71. The highest BCUT2D eigenvalue weighted by Crippen LogP contribution is 2.35. The molecule has 0 atom stereocenters. The molecule has 0 radical (unpaired) electrons. The van der Waals surface area contributed by atoms with Crippen LogP contribution < -0.4 is 10.6 Å². The van der Waals surface area contributed by atoms with E-state index in [4.69, 9.17) is 9.73 Å². The van der Waals surface area contributed by atoms with E-state index in [0.29, 0.717) is 19.8 Å². The second kappa shape index (κ2) is 13.6. The molecule has 27 heavy (non-hydrogen) atoms. The Morgan fingerprint density at radius 2 is 2.04 bits per heavy atom. The lowest BCUT2D eigenvalue weighted by Gasteiger charge is -2.36. The van der Waals surface area contributed by atoms with Gasteiger partial charge in [-0.15, -0.1) is 24.0 Å². The molecule has 1 fully saturated rings. The minimum Gasteiger partial charge on any atom is -0.381 e. The van der Waals surface area contributed by atoms with Crippen molar-refractivity contribution < 1.29 is 9.13 Å². The molecule has 0 amide bonds. The first kappa shape index (κ1) is 24.5. The van der Waals surface area contributed by atoms with E-state index in [0.717, 1.165) is 43.9 Å². The molecular formula is C20H33FIN3OS. The molecule has 1 aromatic carbocycles. The molecule has 2 rings (SSSR count). The third-order valence-corrected chi connectivity index (χ3v) is 5.54. The number of guanidine groups is 1. The van der Waals surface area contributed by atoms with Gasteiger partial charge in [-0.3, -0.25) is 4.99 Å². The average molecular weight is 509 g/mol.